The zero-order chi connectivity index (χ0) is 13.8. The fourth-order valence-electron chi connectivity index (χ4n) is 2.65. The Morgan fingerprint density at radius 1 is 1.53 bits per heavy atom. The summed E-state index contributed by atoms with van der Waals surface area (Å²) in [6.45, 7) is 2.95. The predicted molar refractivity (Wildman–Crippen MR) is 76.5 cm³/mol. The van der Waals surface area contributed by atoms with Crippen molar-refractivity contribution in [1.29, 1.82) is 0 Å². The minimum atomic E-state index is 0.247. The molecule has 1 aliphatic heterocycles. The Labute approximate surface area is 119 Å². The van der Waals surface area contributed by atoms with Gasteiger partial charge in [-0.25, -0.2) is 0 Å². The second kappa shape index (κ2) is 6.53. The number of rotatable bonds is 5. The van der Waals surface area contributed by atoms with E-state index >= 15 is 0 Å². The number of hydrogen-bond donors (Lipinski definition) is 1. The maximum atomic E-state index is 12.0. The number of aryl methyl sites for hydroxylation is 2. The van der Waals surface area contributed by atoms with Gasteiger partial charge in [0.1, 0.15) is 5.78 Å². The molecule has 1 aromatic heterocycles. The summed E-state index contributed by atoms with van der Waals surface area (Å²) in [5, 5.41) is 8.33. The van der Waals surface area contributed by atoms with Gasteiger partial charge < -0.3 is 5.32 Å². The molecule has 1 N–H and O–H groups in total. The summed E-state index contributed by atoms with van der Waals surface area (Å²) in [5.74, 6) is 0.247. The van der Waals surface area contributed by atoms with Gasteiger partial charge in [-0.05, 0) is 32.7 Å². The Morgan fingerprint density at radius 2 is 2.32 bits per heavy atom. The van der Waals surface area contributed by atoms with Gasteiger partial charge in [0.2, 0.25) is 0 Å². The molecule has 1 aliphatic rings. The Bertz CT molecular complexity index is 450. The molecule has 1 saturated heterocycles. The van der Waals surface area contributed by atoms with Crippen LogP contribution in [0.2, 0.25) is 5.02 Å². The quantitative estimate of drug-likeness (QED) is 0.903. The number of nitrogens with zero attached hydrogens (tertiary/aromatic N) is 2. The lowest BCUT2D eigenvalue weighted by molar-refractivity contribution is -0.118. The number of ketones is 1. The summed E-state index contributed by atoms with van der Waals surface area (Å²) in [7, 11) is 1.84. The number of hydrogen-bond acceptors (Lipinski definition) is 3. The van der Waals surface area contributed by atoms with Crippen LogP contribution in [0, 0.1) is 6.92 Å². The monoisotopic (exact) mass is 283 g/mol. The molecule has 0 aliphatic carbocycles. The normalized spacial score (nSPS) is 19.6. The standard InChI is InChI=1S/C14H22ClN3O/c1-10-14(15)13(18(2)17-10)9-12(19)7-6-11-5-3-4-8-16-11/h11,16H,3-9H2,1-2H3. The molecular weight excluding hydrogens is 262 g/mol. The van der Waals surface area contributed by atoms with E-state index in [0.29, 0.717) is 23.9 Å². The molecule has 2 rings (SSSR count). The molecule has 1 aromatic rings. The molecule has 2 heterocycles. The van der Waals surface area contributed by atoms with Crippen LogP contribution in [0.25, 0.3) is 0 Å². The van der Waals surface area contributed by atoms with E-state index in [-0.39, 0.29) is 5.78 Å². The minimum Gasteiger partial charge on any atom is -0.314 e. The van der Waals surface area contributed by atoms with Crippen molar-refractivity contribution < 1.29 is 4.79 Å². The Kier molecular flexibility index (Phi) is 4.99. The molecule has 0 radical (unpaired) electrons. The number of Topliss-reactive ketones (excluding diaryl/α,β-unsaturated/α-hetero) is 1. The third-order valence-electron chi connectivity index (χ3n) is 3.81. The molecule has 106 valence electrons. The van der Waals surface area contributed by atoms with E-state index in [1.807, 2.05) is 14.0 Å². The van der Waals surface area contributed by atoms with Crippen molar-refractivity contribution in [3.63, 3.8) is 0 Å². The second-order valence-corrected chi connectivity index (χ2v) is 5.75. The molecule has 0 amide bonds. The van der Waals surface area contributed by atoms with E-state index in [1.54, 1.807) is 4.68 Å². The van der Waals surface area contributed by atoms with Crippen molar-refractivity contribution in [2.24, 2.45) is 7.05 Å². The lowest BCUT2D eigenvalue weighted by Crippen LogP contribution is -2.34. The summed E-state index contributed by atoms with van der Waals surface area (Å²) in [6, 6.07) is 0.515. The minimum absolute atomic E-state index is 0.247. The molecule has 19 heavy (non-hydrogen) atoms. The topological polar surface area (TPSA) is 46.9 Å². The van der Waals surface area contributed by atoms with Crippen LogP contribution in [0.1, 0.15) is 43.5 Å². The first-order chi connectivity index (χ1) is 9.08. The third-order valence-corrected chi connectivity index (χ3v) is 4.30. The highest BCUT2D eigenvalue weighted by Gasteiger charge is 2.17. The summed E-state index contributed by atoms with van der Waals surface area (Å²) in [5.41, 5.74) is 1.63. The second-order valence-electron chi connectivity index (χ2n) is 5.37. The largest absolute Gasteiger partial charge is 0.314 e. The van der Waals surface area contributed by atoms with Crippen LogP contribution >= 0.6 is 11.6 Å². The molecule has 0 saturated carbocycles. The maximum Gasteiger partial charge on any atom is 0.138 e. The van der Waals surface area contributed by atoms with Gasteiger partial charge in [0.15, 0.2) is 0 Å². The van der Waals surface area contributed by atoms with Crippen LogP contribution in [-0.4, -0.2) is 28.2 Å². The van der Waals surface area contributed by atoms with Crippen LogP contribution in [0.3, 0.4) is 0 Å². The van der Waals surface area contributed by atoms with Crippen LogP contribution in [0.5, 0.6) is 0 Å². The highest BCUT2D eigenvalue weighted by molar-refractivity contribution is 6.32. The molecule has 5 heteroatoms. The predicted octanol–water partition coefficient (Wildman–Crippen LogP) is 2.42. The lowest BCUT2D eigenvalue weighted by Gasteiger charge is -2.22. The summed E-state index contributed by atoms with van der Waals surface area (Å²) >= 11 is 6.16. The van der Waals surface area contributed by atoms with E-state index in [1.165, 1.54) is 19.3 Å². The Morgan fingerprint density at radius 3 is 2.89 bits per heavy atom. The van der Waals surface area contributed by atoms with E-state index in [4.69, 9.17) is 11.6 Å². The Balaban J connectivity index is 1.83. The van der Waals surface area contributed by atoms with Crippen molar-refractivity contribution in [2.45, 2.75) is 51.5 Å². The first-order valence-corrected chi connectivity index (χ1v) is 7.38. The van der Waals surface area contributed by atoms with Crippen molar-refractivity contribution >= 4 is 17.4 Å². The number of aromatic nitrogens is 2. The average Bonchev–Trinajstić information content (AvgIpc) is 2.64. The van der Waals surface area contributed by atoms with Gasteiger partial charge in [0, 0.05) is 25.9 Å². The number of nitrogens with one attached hydrogen (secondary N) is 1. The molecular formula is C14H22ClN3O. The zero-order valence-electron chi connectivity index (χ0n) is 11.7. The van der Waals surface area contributed by atoms with E-state index in [0.717, 1.165) is 24.4 Å². The van der Waals surface area contributed by atoms with Crippen molar-refractivity contribution in [1.82, 2.24) is 15.1 Å². The van der Waals surface area contributed by atoms with E-state index in [2.05, 4.69) is 10.4 Å². The fourth-order valence-corrected chi connectivity index (χ4v) is 2.88. The van der Waals surface area contributed by atoms with Crippen LogP contribution < -0.4 is 5.32 Å². The first kappa shape index (κ1) is 14.5. The van der Waals surface area contributed by atoms with E-state index < -0.39 is 0 Å². The van der Waals surface area contributed by atoms with Crippen molar-refractivity contribution in [3.8, 4) is 0 Å². The van der Waals surface area contributed by atoms with E-state index in [9.17, 15) is 4.79 Å². The highest BCUT2D eigenvalue weighted by Crippen LogP contribution is 2.21. The number of carbonyl (C=O) groups excluding carboxylic acids is 1. The number of halogens is 1. The molecule has 1 unspecified atom stereocenters. The number of piperidine rings is 1. The lowest BCUT2D eigenvalue weighted by atomic mass is 9.98. The maximum absolute atomic E-state index is 12.0. The van der Waals surface area contributed by atoms with Gasteiger partial charge in [0.05, 0.1) is 16.4 Å². The molecule has 0 bridgehead atoms. The molecule has 1 fully saturated rings. The number of carbonyl (C=O) groups is 1. The van der Waals surface area contributed by atoms with Crippen LogP contribution in [0.15, 0.2) is 0 Å². The fraction of sp³-hybridized carbons (Fsp3) is 0.714. The Hall–Kier alpha value is -0.870. The smallest absolute Gasteiger partial charge is 0.138 e. The van der Waals surface area contributed by atoms with Gasteiger partial charge in [-0.15, -0.1) is 0 Å². The summed E-state index contributed by atoms with van der Waals surface area (Å²) in [6.07, 6.45) is 5.68. The third kappa shape index (κ3) is 3.80. The molecule has 4 nitrogen and oxygen atoms in total. The van der Waals surface area contributed by atoms with Crippen LogP contribution in [-0.2, 0) is 18.3 Å². The van der Waals surface area contributed by atoms with Crippen molar-refractivity contribution in [2.75, 3.05) is 6.54 Å². The zero-order valence-corrected chi connectivity index (χ0v) is 12.5. The summed E-state index contributed by atoms with van der Waals surface area (Å²) < 4.78 is 1.72. The van der Waals surface area contributed by atoms with Gasteiger partial charge in [-0.3, -0.25) is 9.48 Å². The van der Waals surface area contributed by atoms with Gasteiger partial charge in [-0.1, -0.05) is 18.0 Å². The SMILES string of the molecule is Cc1nn(C)c(CC(=O)CCC2CCCCN2)c1Cl. The highest BCUT2D eigenvalue weighted by atomic mass is 35.5. The average molecular weight is 284 g/mol. The molecule has 0 spiro atoms. The van der Waals surface area contributed by atoms with Crippen LogP contribution in [0.4, 0.5) is 0 Å². The molecule has 0 aromatic carbocycles. The first-order valence-electron chi connectivity index (χ1n) is 7.01. The van der Waals surface area contributed by atoms with Gasteiger partial charge in [-0.2, -0.15) is 5.10 Å². The van der Waals surface area contributed by atoms with Gasteiger partial charge >= 0.3 is 0 Å². The molecule has 1 atom stereocenters. The van der Waals surface area contributed by atoms with Crippen molar-refractivity contribution in [3.05, 3.63) is 16.4 Å². The summed E-state index contributed by atoms with van der Waals surface area (Å²) in [4.78, 5) is 12.0. The van der Waals surface area contributed by atoms with Gasteiger partial charge in [0.25, 0.3) is 0 Å².